The standard InChI is InChI=1S/C22H26FNO4S/c1-22(2,3)28-21(26)24-18(13-14-29-19-12-8-7-11-17(19)23)20(25)27-15-16-9-5-4-6-10-16/h4-12,18H,13-15H2,1-3H3,(H,24,26)/t18-/m1/s1. The minimum atomic E-state index is -0.896. The molecule has 0 saturated carbocycles. The first-order chi connectivity index (χ1) is 13.7. The number of carbonyl (C=O) groups excluding carboxylic acids is 2. The smallest absolute Gasteiger partial charge is 0.408 e. The lowest BCUT2D eigenvalue weighted by molar-refractivity contribution is -0.147. The van der Waals surface area contributed by atoms with E-state index in [1.165, 1.54) is 17.8 Å². The second kappa shape index (κ2) is 10.9. The number of hydrogen-bond donors (Lipinski definition) is 1. The zero-order valence-corrected chi connectivity index (χ0v) is 17.6. The number of esters is 1. The Balaban J connectivity index is 1.96. The fourth-order valence-electron chi connectivity index (χ4n) is 2.38. The Labute approximate surface area is 175 Å². The van der Waals surface area contributed by atoms with Crippen LogP contribution < -0.4 is 5.32 Å². The molecule has 0 spiro atoms. The van der Waals surface area contributed by atoms with E-state index in [1.807, 2.05) is 30.3 Å². The molecule has 156 valence electrons. The van der Waals surface area contributed by atoms with Gasteiger partial charge in [-0.2, -0.15) is 0 Å². The van der Waals surface area contributed by atoms with Crippen LogP contribution in [-0.4, -0.2) is 29.5 Å². The summed E-state index contributed by atoms with van der Waals surface area (Å²) in [6, 6.07) is 14.8. The van der Waals surface area contributed by atoms with Crippen molar-refractivity contribution in [2.75, 3.05) is 5.75 Å². The highest BCUT2D eigenvalue weighted by Gasteiger charge is 2.25. The zero-order chi connectivity index (χ0) is 21.3. The summed E-state index contributed by atoms with van der Waals surface area (Å²) in [5, 5.41) is 2.57. The molecule has 0 bridgehead atoms. The van der Waals surface area contributed by atoms with E-state index in [0.717, 1.165) is 5.56 Å². The average molecular weight is 420 g/mol. The van der Waals surface area contributed by atoms with Crippen LogP contribution in [0.4, 0.5) is 9.18 Å². The van der Waals surface area contributed by atoms with E-state index in [1.54, 1.807) is 39.0 Å². The van der Waals surface area contributed by atoms with Gasteiger partial charge in [-0.05, 0) is 44.9 Å². The van der Waals surface area contributed by atoms with Crippen molar-refractivity contribution >= 4 is 23.8 Å². The van der Waals surface area contributed by atoms with Crippen LogP contribution in [0.2, 0.25) is 0 Å². The van der Waals surface area contributed by atoms with E-state index < -0.39 is 23.7 Å². The molecule has 0 radical (unpaired) electrons. The van der Waals surface area contributed by atoms with Gasteiger partial charge >= 0.3 is 12.1 Å². The van der Waals surface area contributed by atoms with Gasteiger partial charge in [0.2, 0.25) is 0 Å². The lowest BCUT2D eigenvalue weighted by Gasteiger charge is -2.23. The number of thioether (sulfide) groups is 1. The number of ether oxygens (including phenoxy) is 2. The Kier molecular flexibility index (Phi) is 8.51. The number of benzene rings is 2. The first-order valence-electron chi connectivity index (χ1n) is 9.32. The van der Waals surface area contributed by atoms with E-state index in [0.29, 0.717) is 10.6 Å². The molecule has 2 rings (SSSR count). The van der Waals surface area contributed by atoms with Crippen LogP contribution in [0.1, 0.15) is 32.8 Å². The van der Waals surface area contributed by atoms with E-state index in [-0.39, 0.29) is 18.8 Å². The third kappa shape index (κ3) is 8.56. The summed E-state index contributed by atoms with van der Waals surface area (Å²) in [5.74, 6) is -0.461. The largest absolute Gasteiger partial charge is 0.459 e. The molecule has 29 heavy (non-hydrogen) atoms. The maximum Gasteiger partial charge on any atom is 0.408 e. The number of rotatable bonds is 8. The minimum Gasteiger partial charge on any atom is -0.459 e. The number of amides is 1. The molecule has 0 aliphatic heterocycles. The van der Waals surface area contributed by atoms with Crippen molar-refractivity contribution in [3.63, 3.8) is 0 Å². The van der Waals surface area contributed by atoms with Crippen LogP contribution in [-0.2, 0) is 20.9 Å². The number of nitrogens with one attached hydrogen (secondary N) is 1. The van der Waals surface area contributed by atoms with Crippen molar-refractivity contribution in [1.29, 1.82) is 0 Å². The monoisotopic (exact) mass is 419 g/mol. The lowest BCUT2D eigenvalue weighted by atomic mass is 10.2. The molecular formula is C22H26FNO4S. The predicted molar refractivity (Wildman–Crippen MR) is 111 cm³/mol. The molecule has 0 unspecified atom stereocenters. The number of alkyl carbamates (subject to hydrolysis) is 1. The molecule has 2 aromatic carbocycles. The average Bonchev–Trinajstić information content (AvgIpc) is 2.66. The molecule has 0 aliphatic carbocycles. The lowest BCUT2D eigenvalue weighted by Crippen LogP contribution is -2.44. The van der Waals surface area contributed by atoms with Gasteiger partial charge in [0.25, 0.3) is 0 Å². The summed E-state index contributed by atoms with van der Waals surface area (Å²) < 4.78 is 24.4. The van der Waals surface area contributed by atoms with Gasteiger partial charge in [0.1, 0.15) is 24.1 Å². The Morgan fingerprint density at radius 3 is 2.38 bits per heavy atom. The Morgan fingerprint density at radius 2 is 1.72 bits per heavy atom. The highest BCUT2D eigenvalue weighted by Crippen LogP contribution is 2.22. The Bertz CT molecular complexity index is 808. The second-order valence-corrected chi connectivity index (χ2v) is 8.50. The highest BCUT2D eigenvalue weighted by molar-refractivity contribution is 7.99. The third-order valence-corrected chi connectivity index (χ3v) is 4.78. The van der Waals surface area contributed by atoms with Crippen molar-refractivity contribution in [1.82, 2.24) is 5.32 Å². The van der Waals surface area contributed by atoms with Crippen LogP contribution in [0, 0.1) is 5.82 Å². The Morgan fingerprint density at radius 1 is 1.07 bits per heavy atom. The van der Waals surface area contributed by atoms with Crippen LogP contribution in [0.25, 0.3) is 0 Å². The van der Waals surface area contributed by atoms with Crippen LogP contribution in [0.15, 0.2) is 59.5 Å². The van der Waals surface area contributed by atoms with Crippen LogP contribution in [0.3, 0.4) is 0 Å². The van der Waals surface area contributed by atoms with E-state index in [2.05, 4.69) is 5.32 Å². The van der Waals surface area contributed by atoms with Gasteiger partial charge in [-0.25, -0.2) is 14.0 Å². The van der Waals surface area contributed by atoms with Crippen molar-refractivity contribution in [2.45, 2.75) is 50.3 Å². The normalized spacial score (nSPS) is 12.1. The maximum absolute atomic E-state index is 13.8. The molecule has 0 heterocycles. The van der Waals surface area contributed by atoms with Crippen molar-refractivity contribution < 1.29 is 23.5 Å². The van der Waals surface area contributed by atoms with E-state index in [9.17, 15) is 14.0 Å². The molecule has 1 atom stereocenters. The van der Waals surface area contributed by atoms with Crippen molar-refractivity contribution in [2.24, 2.45) is 0 Å². The maximum atomic E-state index is 13.8. The van der Waals surface area contributed by atoms with Gasteiger partial charge in [0.15, 0.2) is 0 Å². The molecule has 5 nitrogen and oxygen atoms in total. The fourth-order valence-corrected chi connectivity index (χ4v) is 3.33. The van der Waals surface area contributed by atoms with Gasteiger partial charge in [0, 0.05) is 10.6 Å². The van der Waals surface area contributed by atoms with Crippen molar-refractivity contribution in [3.8, 4) is 0 Å². The van der Waals surface area contributed by atoms with Crippen molar-refractivity contribution in [3.05, 3.63) is 66.0 Å². The van der Waals surface area contributed by atoms with Gasteiger partial charge in [-0.1, -0.05) is 42.5 Å². The van der Waals surface area contributed by atoms with Crippen LogP contribution >= 0.6 is 11.8 Å². The molecule has 1 amide bonds. The summed E-state index contributed by atoms with van der Waals surface area (Å²) in [6.07, 6.45) is -0.429. The number of carbonyl (C=O) groups is 2. The van der Waals surface area contributed by atoms with Crippen LogP contribution in [0.5, 0.6) is 0 Å². The third-order valence-electron chi connectivity index (χ3n) is 3.70. The molecule has 0 fully saturated rings. The molecule has 0 saturated heterocycles. The van der Waals surface area contributed by atoms with Gasteiger partial charge < -0.3 is 14.8 Å². The second-order valence-electron chi connectivity index (χ2n) is 7.36. The molecule has 7 heteroatoms. The first-order valence-corrected chi connectivity index (χ1v) is 10.3. The summed E-state index contributed by atoms with van der Waals surface area (Å²) in [4.78, 5) is 25.2. The summed E-state index contributed by atoms with van der Waals surface area (Å²) in [7, 11) is 0. The first kappa shape index (κ1) is 22.7. The van der Waals surface area contributed by atoms with Gasteiger partial charge in [-0.15, -0.1) is 11.8 Å². The SMILES string of the molecule is CC(C)(C)OC(=O)N[C@H](CCSc1ccccc1F)C(=O)OCc1ccccc1. The predicted octanol–water partition coefficient (Wildman–Crippen LogP) is 4.94. The molecule has 1 N–H and O–H groups in total. The molecular weight excluding hydrogens is 393 g/mol. The van der Waals surface area contributed by atoms with E-state index in [4.69, 9.17) is 9.47 Å². The summed E-state index contributed by atoms with van der Waals surface area (Å²) >= 11 is 1.27. The summed E-state index contributed by atoms with van der Waals surface area (Å²) in [5.41, 5.74) is 0.155. The number of hydrogen-bond acceptors (Lipinski definition) is 5. The Hall–Kier alpha value is -2.54. The zero-order valence-electron chi connectivity index (χ0n) is 16.8. The molecule has 0 aromatic heterocycles. The minimum absolute atomic E-state index is 0.104. The fraction of sp³-hybridized carbons (Fsp3) is 0.364. The van der Waals surface area contributed by atoms with E-state index >= 15 is 0 Å². The molecule has 0 aliphatic rings. The highest BCUT2D eigenvalue weighted by atomic mass is 32.2. The van der Waals surface area contributed by atoms with Gasteiger partial charge in [-0.3, -0.25) is 0 Å². The quantitative estimate of drug-likeness (QED) is 0.485. The topological polar surface area (TPSA) is 64.6 Å². The summed E-state index contributed by atoms with van der Waals surface area (Å²) in [6.45, 7) is 5.32. The van der Waals surface area contributed by atoms with Gasteiger partial charge in [0.05, 0.1) is 0 Å². The number of halogens is 1. The molecule has 2 aromatic rings.